The van der Waals surface area contributed by atoms with Crippen LogP contribution in [0, 0.1) is 5.92 Å². The molecule has 1 rings (SSSR count). The molecule has 1 aromatic carbocycles. The summed E-state index contributed by atoms with van der Waals surface area (Å²) in [5.41, 5.74) is 0.153. The highest BCUT2D eigenvalue weighted by atomic mass is 16.5. The second-order valence-electron chi connectivity index (χ2n) is 6.15. The van der Waals surface area contributed by atoms with Crippen molar-refractivity contribution in [1.82, 2.24) is 10.6 Å². The first-order valence-electron chi connectivity index (χ1n) is 8.34. The van der Waals surface area contributed by atoms with Crippen molar-refractivity contribution in [2.75, 3.05) is 27.9 Å². The fraction of sp³-hybridized carbons (Fsp3) is 0.500. The number of hydrogen-bond donors (Lipinski definition) is 3. The molecule has 1 aromatic rings. The molecule has 1 atom stereocenters. The van der Waals surface area contributed by atoms with Crippen LogP contribution in [0.15, 0.2) is 12.1 Å². The van der Waals surface area contributed by atoms with Crippen molar-refractivity contribution in [3.05, 3.63) is 17.7 Å². The number of rotatable bonds is 10. The van der Waals surface area contributed by atoms with Gasteiger partial charge in [-0.25, -0.2) is 4.79 Å². The summed E-state index contributed by atoms with van der Waals surface area (Å²) in [5, 5.41) is 14.0. The lowest BCUT2D eigenvalue weighted by Gasteiger charge is -2.17. The number of carboxylic acids is 1. The molecular weight excluding hydrogens is 356 g/mol. The van der Waals surface area contributed by atoms with Crippen molar-refractivity contribution < 1.29 is 33.7 Å². The van der Waals surface area contributed by atoms with E-state index in [2.05, 4.69) is 10.6 Å². The van der Waals surface area contributed by atoms with Crippen molar-refractivity contribution in [3.63, 3.8) is 0 Å². The molecule has 2 amide bonds. The molecule has 0 aliphatic rings. The summed E-state index contributed by atoms with van der Waals surface area (Å²) in [4.78, 5) is 35.6. The molecule has 0 radical (unpaired) electrons. The zero-order chi connectivity index (χ0) is 20.6. The minimum Gasteiger partial charge on any atom is -0.493 e. The first-order valence-corrected chi connectivity index (χ1v) is 8.34. The maximum absolute atomic E-state index is 12.4. The standard InChI is InChI=1S/C18H26N2O7/c1-10(2)8-12(18(23)24)20-14(21)9-19-17(22)11-6-7-13(25-3)16(27-5)15(11)26-4/h6-7,10,12H,8-9H2,1-5H3,(H,19,22)(H,20,21)(H,23,24)/t12-/m0/s1. The Hall–Kier alpha value is -2.97. The molecule has 0 saturated heterocycles. The number of nitrogens with one attached hydrogen (secondary N) is 2. The van der Waals surface area contributed by atoms with Gasteiger partial charge in [-0.05, 0) is 24.5 Å². The van der Waals surface area contributed by atoms with Crippen LogP contribution in [0.2, 0.25) is 0 Å². The smallest absolute Gasteiger partial charge is 0.326 e. The number of benzene rings is 1. The summed E-state index contributed by atoms with van der Waals surface area (Å²) >= 11 is 0. The molecule has 3 N–H and O–H groups in total. The van der Waals surface area contributed by atoms with Crippen molar-refractivity contribution in [3.8, 4) is 17.2 Å². The SMILES string of the molecule is COc1ccc(C(=O)NCC(=O)N[C@@H](CC(C)C)C(=O)O)c(OC)c1OC. The van der Waals surface area contributed by atoms with Crippen molar-refractivity contribution in [2.24, 2.45) is 5.92 Å². The molecule has 0 unspecified atom stereocenters. The van der Waals surface area contributed by atoms with Gasteiger partial charge in [0.15, 0.2) is 11.5 Å². The van der Waals surface area contributed by atoms with Gasteiger partial charge in [0.1, 0.15) is 6.04 Å². The second kappa shape index (κ2) is 10.2. The fourth-order valence-corrected chi connectivity index (χ4v) is 2.47. The Morgan fingerprint density at radius 2 is 1.67 bits per heavy atom. The molecule has 9 heteroatoms. The highest BCUT2D eigenvalue weighted by Crippen LogP contribution is 2.39. The third-order valence-electron chi connectivity index (χ3n) is 3.70. The topological polar surface area (TPSA) is 123 Å². The summed E-state index contributed by atoms with van der Waals surface area (Å²) in [6.07, 6.45) is 0.290. The average molecular weight is 382 g/mol. The van der Waals surface area contributed by atoms with Crippen LogP contribution >= 0.6 is 0 Å². The number of carboxylic acid groups (broad SMARTS) is 1. The average Bonchev–Trinajstić information content (AvgIpc) is 2.63. The maximum atomic E-state index is 12.4. The predicted molar refractivity (Wildman–Crippen MR) is 97.5 cm³/mol. The number of ether oxygens (including phenoxy) is 3. The van der Waals surface area contributed by atoms with E-state index in [0.717, 1.165) is 0 Å². The Kier molecular flexibility index (Phi) is 8.37. The molecule has 0 fully saturated rings. The number of carbonyl (C=O) groups is 3. The monoisotopic (exact) mass is 382 g/mol. The van der Waals surface area contributed by atoms with E-state index >= 15 is 0 Å². The minimum atomic E-state index is -1.12. The highest BCUT2D eigenvalue weighted by Gasteiger charge is 2.23. The van der Waals surface area contributed by atoms with Gasteiger partial charge in [-0.15, -0.1) is 0 Å². The maximum Gasteiger partial charge on any atom is 0.326 e. The Balaban J connectivity index is 2.82. The van der Waals surface area contributed by atoms with E-state index in [1.807, 2.05) is 13.8 Å². The van der Waals surface area contributed by atoms with Gasteiger partial charge in [-0.1, -0.05) is 13.8 Å². The summed E-state index contributed by atoms with van der Waals surface area (Å²) in [5.74, 6) is -1.39. The Morgan fingerprint density at radius 3 is 2.15 bits per heavy atom. The lowest BCUT2D eigenvalue weighted by Crippen LogP contribution is -2.46. The van der Waals surface area contributed by atoms with Gasteiger partial charge < -0.3 is 30.0 Å². The number of aliphatic carboxylic acids is 1. The summed E-state index contributed by atoms with van der Waals surface area (Å²) in [6.45, 7) is 3.33. The molecule has 150 valence electrons. The number of amides is 2. The van der Waals surface area contributed by atoms with Crippen LogP contribution in [-0.2, 0) is 9.59 Å². The largest absolute Gasteiger partial charge is 0.493 e. The molecule has 0 aliphatic heterocycles. The first-order chi connectivity index (χ1) is 12.7. The van der Waals surface area contributed by atoms with E-state index in [1.54, 1.807) is 6.07 Å². The molecule has 0 aliphatic carbocycles. The van der Waals surface area contributed by atoms with Crippen molar-refractivity contribution in [2.45, 2.75) is 26.3 Å². The number of methoxy groups -OCH3 is 3. The molecule has 0 bridgehead atoms. The molecule has 27 heavy (non-hydrogen) atoms. The van der Waals surface area contributed by atoms with E-state index in [1.165, 1.54) is 27.4 Å². The van der Waals surface area contributed by atoms with E-state index in [4.69, 9.17) is 19.3 Å². The second-order valence-corrected chi connectivity index (χ2v) is 6.15. The zero-order valence-electron chi connectivity index (χ0n) is 16.1. The fourth-order valence-electron chi connectivity index (χ4n) is 2.47. The molecule has 0 saturated carbocycles. The lowest BCUT2D eigenvalue weighted by atomic mass is 10.0. The van der Waals surface area contributed by atoms with Crippen LogP contribution in [0.5, 0.6) is 17.2 Å². The van der Waals surface area contributed by atoms with Crippen LogP contribution in [0.1, 0.15) is 30.6 Å². The van der Waals surface area contributed by atoms with E-state index in [9.17, 15) is 14.4 Å². The van der Waals surface area contributed by atoms with Crippen molar-refractivity contribution in [1.29, 1.82) is 0 Å². The Labute approximate surface area is 158 Å². The Bertz CT molecular complexity index is 689. The third kappa shape index (κ3) is 6.05. The molecule has 0 aromatic heterocycles. The van der Waals surface area contributed by atoms with E-state index in [-0.39, 0.29) is 29.5 Å². The van der Waals surface area contributed by atoms with E-state index in [0.29, 0.717) is 12.2 Å². The number of hydrogen-bond acceptors (Lipinski definition) is 6. The minimum absolute atomic E-state index is 0.0945. The van der Waals surface area contributed by atoms with Gasteiger partial charge in [0.2, 0.25) is 11.7 Å². The lowest BCUT2D eigenvalue weighted by molar-refractivity contribution is -0.142. The van der Waals surface area contributed by atoms with Gasteiger partial charge in [-0.3, -0.25) is 9.59 Å². The van der Waals surface area contributed by atoms with Crippen LogP contribution in [0.25, 0.3) is 0 Å². The molecule has 9 nitrogen and oxygen atoms in total. The van der Waals surface area contributed by atoms with Gasteiger partial charge in [-0.2, -0.15) is 0 Å². The normalized spacial score (nSPS) is 11.5. The van der Waals surface area contributed by atoms with Crippen molar-refractivity contribution >= 4 is 17.8 Å². The summed E-state index contributed by atoms with van der Waals surface area (Å²) in [6, 6.07) is 2.01. The van der Waals surface area contributed by atoms with Crippen LogP contribution in [0.4, 0.5) is 0 Å². The van der Waals surface area contributed by atoms with Crippen LogP contribution in [0.3, 0.4) is 0 Å². The molecule has 0 spiro atoms. The predicted octanol–water partition coefficient (Wildman–Crippen LogP) is 1.06. The highest BCUT2D eigenvalue weighted by molar-refractivity contribution is 6.00. The summed E-state index contributed by atoms with van der Waals surface area (Å²) < 4.78 is 15.6. The van der Waals surface area contributed by atoms with E-state index < -0.39 is 23.8 Å². The quantitative estimate of drug-likeness (QED) is 0.553. The van der Waals surface area contributed by atoms with Gasteiger partial charge in [0, 0.05) is 0 Å². The third-order valence-corrected chi connectivity index (χ3v) is 3.70. The van der Waals surface area contributed by atoms with Crippen LogP contribution in [-0.4, -0.2) is 56.8 Å². The Morgan fingerprint density at radius 1 is 1.04 bits per heavy atom. The zero-order valence-corrected chi connectivity index (χ0v) is 16.1. The summed E-state index contributed by atoms with van der Waals surface area (Å²) in [7, 11) is 4.25. The van der Waals surface area contributed by atoms with Gasteiger partial charge in [0.25, 0.3) is 5.91 Å². The van der Waals surface area contributed by atoms with Gasteiger partial charge >= 0.3 is 5.97 Å². The molecule has 0 heterocycles. The molecular formula is C18H26N2O7. The van der Waals surface area contributed by atoms with Gasteiger partial charge in [0.05, 0.1) is 33.4 Å². The first kappa shape index (κ1) is 22.1. The number of carbonyl (C=O) groups excluding carboxylic acids is 2. The van der Waals surface area contributed by atoms with Crippen LogP contribution < -0.4 is 24.8 Å².